The highest BCUT2D eigenvalue weighted by atomic mass is 79.9. The molecule has 144 valence electrons. The monoisotopic (exact) mass is 466 g/mol. The van der Waals surface area contributed by atoms with Crippen LogP contribution in [0.15, 0.2) is 64.0 Å². The molecule has 0 saturated carbocycles. The van der Waals surface area contributed by atoms with Crippen molar-refractivity contribution in [3.8, 4) is 5.88 Å². The third kappa shape index (κ3) is 3.87. The van der Waals surface area contributed by atoms with E-state index < -0.39 is 20.9 Å². The Kier molecular flexibility index (Phi) is 5.16. The van der Waals surface area contributed by atoms with Crippen molar-refractivity contribution in [2.75, 3.05) is 5.73 Å². The van der Waals surface area contributed by atoms with Gasteiger partial charge in [0.25, 0.3) is 15.7 Å². The third-order valence-corrected chi connectivity index (χ3v) is 5.68. The van der Waals surface area contributed by atoms with Gasteiger partial charge in [-0.15, -0.1) is 9.19 Å². The molecule has 0 bridgehead atoms. The number of anilines is 1. The molecule has 28 heavy (non-hydrogen) atoms. The molecule has 10 nitrogen and oxygen atoms in total. The second kappa shape index (κ2) is 7.40. The number of nitrogens with two attached hydrogens (primary N) is 1. The van der Waals surface area contributed by atoms with Crippen molar-refractivity contribution in [3.63, 3.8) is 0 Å². The number of hydrogen-bond acceptors (Lipinski definition) is 8. The van der Waals surface area contributed by atoms with Crippen molar-refractivity contribution in [2.24, 2.45) is 0 Å². The van der Waals surface area contributed by atoms with E-state index in [1.54, 1.807) is 12.1 Å². The van der Waals surface area contributed by atoms with Crippen LogP contribution in [0.3, 0.4) is 0 Å². The molecule has 1 heterocycles. The van der Waals surface area contributed by atoms with Crippen LogP contribution in [-0.4, -0.2) is 28.5 Å². The average molecular weight is 467 g/mol. The van der Waals surface area contributed by atoms with E-state index in [9.17, 15) is 23.3 Å². The number of ether oxygens (including phenoxy) is 1. The number of benzene rings is 2. The molecule has 0 amide bonds. The maximum atomic E-state index is 12.6. The van der Waals surface area contributed by atoms with Crippen LogP contribution in [-0.2, 0) is 10.0 Å². The summed E-state index contributed by atoms with van der Waals surface area (Å²) in [6.07, 6.45) is 0. The molecule has 0 radical (unpaired) electrons. The van der Waals surface area contributed by atoms with Crippen LogP contribution in [0, 0.1) is 10.1 Å². The second-order valence-electron chi connectivity index (χ2n) is 5.40. The molecule has 0 saturated heterocycles. The average Bonchev–Trinajstić information content (AvgIpc) is 3.03. The summed E-state index contributed by atoms with van der Waals surface area (Å²) in [5.41, 5.74) is 5.54. The Hall–Kier alpha value is -3.25. The Labute approximate surface area is 166 Å². The molecule has 0 aliphatic heterocycles. The molecule has 2 N–H and O–H groups in total. The number of carbonyl (C=O) groups excluding carboxylic acids is 1. The first kappa shape index (κ1) is 19.5. The number of carbonyl (C=O) groups is 1. The number of non-ortho nitro benzene ring substituents is 1. The summed E-state index contributed by atoms with van der Waals surface area (Å²) in [5.74, 6) is -1.46. The van der Waals surface area contributed by atoms with E-state index in [1.165, 1.54) is 24.3 Å². The Morgan fingerprint density at radius 2 is 1.75 bits per heavy atom. The van der Waals surface area contributed by atoms with E-state index in [-0.39, 0.29) is 27.8 Å². The highest BCUT2D eigenvalue weighted by Gasteiger charge is 2.23. The molecule has 0 atom stereocenters. The van der Waals surface area contributed by atoms with E-state index in [0.29, 0.717) is 8.56 Å². The maximum absolute atomic E-state index is 12.6. The van der Waals surface area contributed by atoms with Gasteiger partial charge in [0.2, 0.25) is 5.88 Å². The molecule has 3 aromatic rings. The summed E-state index contributed by atoms with van der Waals surface area (Å²) in [6, 6.07) is 11.6. The Morgan fingerprint density at radius 1 is 1.14 bits per heavy atom. The standard InChI is InChI=1S/C16H11BrN4O6S/c17-11-3-7-13(8-4-11)28(25,26)20-14(18)9-15(19-20)27-16(22)10-1-5-12(6-2-10)21(23)24/h1-9H,18H2. The summed E-state index contributed by atoms with van der Waals surface area (Å²) < 4.78 is 31.5. The van der Waals surface area contributed by atoms with Crippen molar-refractivity contribution in [2.45, 2.75) is 4.90 Å². The molecule has 0 aliphatic rings. The fraction of sp³-hybridized carbons (Fsp3) is 0. The zero-order valence-corrected chi connectivity index (χ0v) is 16.3. The van der Waals surface area contributed by atoms with Gasteiger partial charge in [-0.1, -0.05) is 15.9 Å². The van der Waals surface area contributed by atoms with E-state index in [1.807, 2.05) is 0 Å². The van der Waals surface area contributed by atoms with Crippen LogP contribution < -0.4 is 10.5 Å². The van der Waals surface area contributed by atoms with Crippen LogP contribution in [0.1, 0.15) is 10.4 Å². The quantitative estimate of drug-likeness (QED) is 0.342. The van der Waals surface area contributed by atoms with Crippen LogP contribution in [0.25, 0.3) is 0 Å². The smallest absolute Gasteiger partial charge is 0.344 e. The van der Waals surface area contributed by atoms with Crippen LogP contribution >= 0.6 is 15.9 Å². The zero-order valence-electron chi connectivity index (χ0n) is 13.9. The van der Waals surface area contributed by atoms with E-state index in [2.05, 4.69) is 21.0 Å². The lowest BCUT2D eigenvalue weighted by Gasteiger charge is -2.06. The number of nitro groups is 1. The van der Waals surface area contributed by atoms with Crippen LogP contribution in [0.5, 0.6) is 5.88 Å². The number of nitro benzene ring substituents is 1. The minimum atomic E-state index is -4.09. The fourth-order valence-corrected chi connectivity index (χ4v) is 3.64. The second-order valence-corrected chi connectivity index (χ2v) is 8.09. The molecule has 2 aromatic carbocycles. The lowest BCUT2D eigenvalue weighted by Crippen LogP contribution is -2.17. The summed E-state index contributed by atoms with van der Waals surface area (Å²) in [7, 11) is -4.09. The van der Waals surface area contributed by atoms with E-state index in [0.717, 1.165) is 18.2 Å². The normalized spacial score (nSPS) is 11.2. The van der Waals surface area contributed by atoms with Crippen molar-refractivity contribution in [1.29, 1.82) is 0 Å². The minimum Gasteiger partial charge on any atom is -0.402 e. The topological polar surface area (TPSA) is 147 Å². The predicted molar refractivity (Wildman–Crippen MR) is 101 cm³/mol. The Balaban J connectivity index is 1.84. The highest BCUT2D eigenvalue weighted by Crippen LogP contribution is 2.23. The summed E-state index contributed by atoms with van der Waals surface area (Å²) >= 11 is 3.21. The molecule has 12 heteroatoms. The molecule has 3 rings (SSSR count). The van der Waals surface area contributed by atoms with Crippen molar-refractivity contribution in [3.05, 3.63) is 74.7 Å². The van der Waals surface area contributed by atoms with Gasteiger partial charge in [-0.25, -0.2) is 4.79 Å². The zero-order chi connectivity index (χ0) is 20.5. The molecule has 0 fully saturated rings. The third-order valence-electron chi connectivity index (χ3n) is 3.53. The first-order valence-corrected chi connectivity index (χ1v) is 9.75. The van der Waals surface area contributed by atoms with Gasteiger partial charge in [0.05, 0.1) is 15.4 Å². The molecule has 1 aromatic heterocycles. The van der Waals surface area contributed by atoms with E-state index >= 15 is 0 Å². The maximum Gasteiger partial charge on any atom is 0.344 e. The van der Waals surface area contributed by atoms with Gasteiger partial charge in [0, 0.05) is 22.7 Å². The van der Waals surface area contributed by atoms with Crippen LogP contribution in [0.2, 0.25) is 0 Å². The number of aromatic nitrogens is 2. The summed E-state index contributed by atoms with van der Waals surface area (Å²) in [5, 5.41) is 14.4. The number of hydrogen-bond donors (Lipinski definition) is 1. The van der Waals surface area contributed by atoms with Gasteiger partial charge < -0.3 is 10.5 Å². The molecular weight excluding hydrogens is 456 g/mol. The predicted octanol–water partition coefficient (Wildman–Crippen LogP) is 2.59. The summed E-state index contributed by atoms with van der Waals surface area (Å²) in [4.78, 5) is 22.1. The lowest BCUT2D eigenvalue weighted by atomic mass is 10.2. The molecule has 0 spiro atoms. The fourth-order valence-electron chi connectivity index (χ4n) is 2.18. The first-order valence-electron chi connectivity index (χ1n) is 7.52. The van der Waals surface area contributed by atoms with Gasteiger partial charge in [-0.3, -0.25) is 10.1 Å². The van der Waals surface area contributed by atoms with Crippen molar-refractivity contribution >= 4 is 43.4 Å². The molecule has 0 unspecified atom stereocenters. The van der Waals surface area contributed by atoms with Crippen LogP contribution in [0.4, 0.5) is 11.5 Å². The van der Waals surface area contributed by atoms with Gasteiger partial charge in [0.1, 0.15) is 5.82 Å². The number of nitrogen functional groups attached to an aromatic ring is 1. The number of nitrogens with zero attached hydrogens (tertiary/aromatic N) is 3. The Morgan fingerprint density at radius 3 is 2.32 bits per heavy atom. The SMILES string of the molecule is Nc1cc(OC(=O)c2ccc([N+](=O)[O-])cc2)nn1S(=O)(=O)c1ccc(Br)cc1. The largest absolute Gasteiger partial charge is 0.402 e. The Bertz CT molecular complexity index is 1160. The molecule has 0 aliphatic carbocycles. The number of rotatable bonds is 5. The van der Waals surface area contributed by atoms with Gasteiger partial charge >= 0.3 is 5.97 Å². The van der Waals surface area contributed by atoms with Gasteiger partial charge in [-0.05, 0) is 36.4 Å². The highest BCUT2D eigenvalue weighted by molar-refractivity contribution is 9.10. The van der Waals surface area contributed by atoms with Crippen molar-refractivity contribution < 1.29 is 22.9 Å². The number of halogens is 1. The minimum absolute atomic E-state index is 0.0227. The van der Waals surface area contributed by atoms with Gasteiger partial charge in [0.15, 0.2) is 0 Å². The lowest BCUT2D eigenvalue weighted by molar-refractivity contribution is -0.384. The first-order chi connectivity index (χ1) is 13.2. The summed E-state index contributed by atoms with van der Waals surface area (Å²) in [6.45, 7) is 0. The molecular formula is C16H11BrN4O6S. The van der Waals surface area contributed by atoms with Crippen molar-refractivity contribution in [1.82, 2.24) is 9.19 Å². The number of esters is 1. The van der Waals surface area contributed by atoms with Gasteiger partial charge in [-0.2, -0.15) is 8.42 Å². The van der Waals surface area contributed by atoms with E-state index in [4.69, 9.17) is 10.5 Å².